The third-order valence-electron chi connectivity index (χ3n) is 5.28. The van der Waals surface area contributed by atoms with E-state index in [9.17, 15) is 14.9 Å². The van der Waals surface area contributed by atoms with Crippen molar-refractivity contribution in [2.75, 3.05) is 6.61 Å². The molecule has 144 valence electrons. The molecule has 0 saturated heterocycles. The highest BCUT2D eigenvalue weighted by Crippen LogP contribution is 2.27. The number of amides is 1. The molecule has 5 heteroatoms. The second-order valence-corrected chi connectivity index (χ2v) is 7.21. The second kappa shape index (κ2) is 9.18. The monoisotopic (exact) mass is 376 g/mol. The van der Waals surface area contributed by atoms with Crippen LogP contribution in [0.15, 0.2) is 48.5 Å². The van der Waals surface area contributed by atoms with Gasteiger partial charge in [0, 0.05) is 11.6 Å². The van der Waals surface area contributed by atoms with Gasteiger partial charge in [0.25, 0.3) is 5.91 Å². The van der Waals surface area contributed by atoms with Gasteiger partial charge >= 0.3 is 5.97 Å². The van der Waals surface area contributed by atoms with Crippen molar-refractivity contribution in [3.05, 3.63) is 59.7 Å². The van der Waals surface area contributed by atoms with Crippen LogP contribution in [0, 0.1) is 17.2 Å². The lowest BCUT2D eigenvalue weighted by molar-refractivity contribution is -0.125. The van der Waals surface area contributed by atoms with E-state index < -0.39 is 5.97 Å². The Labute approximate surface area is 165 Å². The minimum absolute atomic E-state index is 0.148. The number of ether oxygens (including phenoxy) is 1. The van der Waals surface area contributed by atoms with Crippen LogP contribution in [-0.2, 0) is 9.53 Å². The van der Waals surface area contributed by atoms with Crippen LogP contribution >= 0.6 is 0 Å². The van der Waals surface area contributed by atoms with Gasteiger partial charge in [-0.3, -0.25) is 4.79 Å². The molecule has 1 fully saturated rings. The summed E-state index contributed by atoms with van der Waals surface area (Å²) in [7, 11) is 0. The molecule has 0 unspecified atom stereocenters. The van der Waals surface area contributed by atoms with E-state index >= 15 is 0 Å². The van der Waals surface area contributed by atoms with E-state index in [2.05, 4.69) is 18.3 Å². The van der Waals surface area contributed by atoms with Crippen LogP contribution in [0.5, 0.6) is 0 Å². The average molecular weight is 376 g/mol. The number of nitrogens with zero attached hydrogens (tertiary/aromatic N) is 1. The molecular weight excluding hydrogens is 352 g/mol. The van der Waals surface area contributed by atoms with Crippen molar-refractivity contribution in [3.8, 4) is 17.2 Å². The minimum Gasteiger partial charge on any atom is -0.452 e. The predicted octanol–water partition coefficient (Wildman–Crippen LogP) is 4.08. The summed E-state index contributed by atoms with van der Waals surface area (Å²) in [4.78, 5) is 24.8. The number of hydrogen-bond acceptors (Lipinski definition) is 4. The summed E-state index contributed by atoms with van der Waals surface area (Å²) < 4.78 is 5.27. The van der Waals surface area contributed by atoms with Gasteiger partial charge in [-0.2, -0.15) is 5.26 Å². The highest BCUT2D eigenvalue weighted by atomic mass is 16.5. The van der Waals surface area contributed by atoms with Crippen LogP contribution in [-0.4, -0.2) is 24.5 Å². The molecule has 0 heterocycles. The van der Waals surface area contributed by atoms with Crippen molar-refractivity contribution in [1.29, 1.82) is 5.26 Å². The molecule has 0 aromatic heterocycles. The summed E-state index contributed by atoms with van der Waals surface area (Å²) >= 11 is 0. The third kappa shape index (κ3) is 4.58. The maximum Gasteiger partial charge on any atom is 0.339 e. The van der Waals surface area contributed by atoms with Gasteiger partial charge in [0.2, 0.25) is 0 Å². The zero-order chi connectivity index (χ0) is 19.9. The maximum atomic E-state index is 12.6. The molecule has 1 aliphatic rings. The van der Waals surface area contributed by atoms with Crippen molar-refractivity contribution in [1.82, 2.24) is 5.32 Å². The van der Waals surface area contributed by atoms with Gasteiger partial charge in [0.1, 0.15) is 0 Å². The highest BCUT2D eigenvalue weighted by Gasteiger charge is 2.23. The first-order chi connectivity index (χ1) is 13.6. The van der Waals surface area contributed by atoms with E-state index in [1.54, 1.807) is 42.5 Å². The molecule has 0 radical (unpaired) electrons. The van der Waals surface area contributed by atoms with E-state index in [1.807, 2.05) is 6.07 Å². The van der Waals surface area contributed by atoms with Crippen LogP contribution in [0.4, 0.5) is 0 Å². The van der Waals surface area contributed by atoms with E-state index in [0.717, 1.165) is 19.3 Å². The fraction of sp³-hybridized carbons (Fsp3) is 0.348. The summed E-state index contributed by atoms with van der Waals surface area (Å²) in [6.45, 7) is 1.83. The quantitative estimate of drug-likeness (QED) is 0.798. The molecule has 2 aromatic carbocycles. The lowest BCUT2D eigenvalue weighted by Gasteiger charge is -2.29. The molecule has 0 spiro atoms. The lowest BCUT2D eigenvalue weighted by Crippen LogP contribution is -2.42. The molecule has 1 aliphatic carbocycles. The Hall–Kier alpha value is -3.13. The van der Waals surface area contributed by atoms with Crippen LogP contribution in [0.3, 0.4) is 0 Å². The topological polar surface area (TPSA) is 79.2 Å². The molecule has 2 aromatic rings. The number of esters is 1. The Morgan fingerprint density at radius 2 is 1.75 bits per heavy atom. The van der Waals surface area contributed by atoms with Crippen LogP contribution in [0.1, 0.15) is 48.5 Å². The number of benzene rings is 2. The molecule has 1 N–H and O–H groups in total. The first kappa shape index (κ1) is 19.6. The van der Waals surface area contributed by atoms with Crippen LogP contribution in [0.2, 0.25) is 0 Å². The van der Waals surface area contributed by atoms with Crippen molar-refractivity contribution in [2.45, 2.75) is 38.6 Å². The van der Waals surface area contributed by atoms with Gasteiger partial charge in [-0.15, -0.1) is 0 Å². The van der Waals surface area contributed by atoms with E-state index in [4.69, 9.17) is 4.74 Å². The average Bonchev–Trinajstić information content (AvgIpc) is 2.73. The Kier molecular flexibility index (Phi) is 6.44. The molecule has 5 nitrogen and oxygen atoms in total. The first-order valence-electron chi connectivity index (χ1n) is 9.65. The minimum atomic E-state index is -0.574. The van der Waals surface area contributed by atoms with Gasteiger partial charge in [-0.05, 0) is 36.5 Å². The summed E-state index contributed by atoms with van der Waals surface area (Å²) in [6, 6.07) is 16.3. The molecule has 1 saturated carbocycles. The number of carbonyl (C=O) groups is 2. The first-order valence-corrected chi connectivity index (χ1v) is 9.65. The lowest BCUT2D eigenvalue weighted by atomic mass is 9.86. The predicted molar refractivity (Wildman–Crippen MR) is 106 cm³/mol. The van der Waals surface area contributed by atoms with Crippen molar-refractivity contribution < 1.29 is 14.3 Å². The maximum absolute atomic E-state index is 12.6. The molecule has 0 bridgehead atoms. The summed E-state index contributed by atoms with van der Waals surface area (Å²) in [5.41, 5.74) is 2.10. The smallest absolute Gasteiger partial charge is 0.339 e. The van der Waals surface area contributed by atoms with E-state index in [1.165, 1.54) is 6.42 Å². The van der Waals surface area contributed by atoms with Crippen LogP contribution in [0.25, 0.3) is 11.1 Å². The van der Waals surface area contributed by atoms with Gasteiger partial charge in [-0.25, -0.2) is 4.79 Å². The molecule has 2 atom stereocenters. The zero-order valence-corrected chi connectivity index (χ0v) is 16.0. The summed E-state index contributed by atoms with van der Waals surface area (Å²) in [6.07, 6.45) is 4.38. The van der Waals surface area contributed by atoms with Gasteiger partial charge in [-0.1, -0.05) is 56.2 Å². The van der Waals surface area contributed by atoms with E-state index in [0.29, 0.717) is 28.2 Å². The Morgan fingerprint density at radius 3 is 2.50 bits per heavy atom. The molecule has 28 heavy (non-hydrogen) atoms. The van der Waals surface area contributed by atoms with Crippen molar-refractivity contribution in [2.24, 2.45) is 5.92 Å². The van der Waals surface area contributed by atoms with Gasteiger partial charge in [0.05, 0.1) is 17.2 Å². The Morgan fingerprint density at radius 1 is 1.07 bits per heavy atom. The fourth-order valence-electron chi connectivity index (χ4n) is 3.70. The van der Waals surface area contributed by atoms with Crippen molar-refractivity contribution >= 4 is 11.9 Å². The summed E-state index contributed by atoms with van der Waals surface area (Å²) in [5, 5.41) is 12.3. The van der Waals surface area contributed by atoms with Gasteiger partial charge in [0.15, 0.2) is 6.61 Å². The molecule has 3 rings (SSSR count). The fourth-order valence-corrected chi connectivity index (χ4v) is 3.70. The number of nitrogens with one attached hydrogen (secondary N) is 1. The van der Waals surface area contributed by atoms with Crippen LogP contribution < -0.4 is 5.32 Å². The second-order valence-electron chi connectivity index (χ2n) is 7.21. The molecule has 0 aliphatic heterocycles. The SMILES string of the molecule is C[C@@H]1CCCC[C@H]1NC(=O)COC(=O)c1ccccc1-c1ccccc1C#N. The normalized spacial score (nSPS) is 18.7. The van der Waals surface area contributed by atoms with Gasteiger partial charge < -0.3 is 10.1 Å². The number of carbonyl (C=O) groups excluding carboxylic acids is 2. The highest BCUT2D eigenvalue weighted by molar-refractivity contribution is 5.98. The van der Waals surface area contributed by atoms with E-state index in [-0.39, 0.29) is 18.6 Å². The number of rotatable bonds is 5. The molecule has 1 amide bonds. The Bertz CT molecular complexity index is 901. The Balaban J connectivity index is 1.68. The standard InChI is InChI=1S/C23H24N2O3/c1-16-8-2-7-13-21(16)25-22(26)15-28-23(27)20-12-6-5-11-19(20)18-10-4-3-9-17(18)14-24/h3-6,9-12,16,21H,2,7-8,13,15H2,1H3,(H,25,26)/t16-,21-/m1/s1. The summed E-state index contributed by atoms with van der Waals surface area (Å²) in [5.74, 6) is -0.409. The number of hydrogen-bond donors (Lipinski definition) is 1. The largest absolute Gasteiger partial charge is 0.452 e. The van der Waals surface area contributed by atoms with Crippen molar-refractivity contribution in [3.63, 3.8) is 0 Å². The zero-order valence-electron chi connectivity index (χ0n) is 16.0. The third-order valence-corrected chi connectivity index (χ3v) is 5.28. The molecular formula is C23H24N2O3. The number of nitriles is 1.